The maximum atomic E-state index is 4.71. The summed E-state index contributed by atoms with van der Waals surface area (Å²) < 4.78 is 5.07. The maximum Gasteiger partial charge on any atom is 0.0640 e. The molecule has 0 unspecified atom stereocenters. The molecular weight excluding hydrogens is 516 g/mol. The van der Waals surface area contributed by atoms with E-state index in [0.29, 0.717) is 6.54 Å². The summed E-state index contributed by atoms with van der Waals surface area (Å²) in [7, 11) is 0. The van der Waals surface area contributed by atoms with Crippen LogP contribution in [0.4, 0.5) is 0 Å². The molecule has 0 fully saturated rings. The largest absolute Gasteiger partial charge is 0.309 e. The van der Waals surface area contributed by atoms with E-state index in [1.807, 2.05) is 35.8 Å². The zero-order valence-electron chi connectivity index (χ0n) is 22.4. The second-order valence-corrected chi connectivity index (χ2v) is 11.5. The molecule has 0 bridgehead atoms. The molecule has 41 heavy (non-hydrogen) atoms. The van der Waals surface area contributed by atoms with Gasteiger partial charge in [0, 0.05) is 42.8 Å². The number of nitrogens with zero attached hydrogens (tertiary/aromatic N) is 2. The topological polar surface area (TPSA) is 17.3 Å². The average Bonchev–Trinajstić information content (AvgIpc) is 3.57. The van der Waals surface area contributed by atoms with Crippen molar-refractivity contribution in [2.75, 3.05) is 0 Å². The number of thiophene rings is 1. The summed E-state index contributed by atoms with van der Waals surface area (Å²) in [5, 5.41) is 5.20. The Bertz CT molecular complexity index is 2230. The van der Waals surface area contributed by atoms with E-state index in [4.69, 9.17) is 4.99 Å². The van der Waals surface area contributed by atoms with Gasteiger partial charge in [0.1, 0.15) is 0 Å². The zero-order chi connectivity index (χ0) is 27.2. The van der Waals surface area contributed by atoms with Gasteiger partial charge in [-0.3, -0.25) is 4.99 Å². The second kappa shape index (κ2) is 9.88. The highest BCUT2D eigenvalue weighted by Crippen LogP contribution is 2.41. The highest BCUT2D eigenvalue weighted by molar-refractivity contribution is 7.26. The molecule has 0 aliphatic heterocycles. The van der Waals surface area contributed by atoms with Crippen LogP contribution >= 0.6 is 11.3 Å². The first-order valence-electron chi connectivity index (χ1n) is 13.9. The van der Waals surface area contributed by atoms with E-state index in [2.05, 4.69) is 126 Å². The van der Waals surface area contributed by atoms with E-state index >= 15 is 0 Å². The molecule has 0 atom stereocenters. The van der Waals surface area contributed by atoms with Crippen molar-refractivity contribution in [1.82, 2.24) is 4.57 Å². The summed E-state index contributed by atoms with van der Waals surface area (Å²) in [6.07, 6.45) is 1.95. The Hall–Kier alpha value is -4.99. The minimum absolute atomic E-state index is 0.642. The van der Waals surface area contributed by atoms with Gasteiger partial charge in [-0.05, 0) is 58.7 Å². The van der Waals surface area contributed by atoms with Gasteiger partial charge in [-0.2, -0.15) is 0 Å². The summed E-state index contributed by atoms with van der Waals surface area (Å²) in [4.78, 5) is 4.71. The average molecular weight is 543 g/mol. The minimum atomic E-state index is 0.642. The fourth-order valence-electron chi connectivity index (χ4n) is 5.98. The molecule has 6 aromatic carbocycles. The van der Waals surface area contributed by atoms with Gasteiger partial charge in [0.2, 0.25) is 0 Å². The highest BCUT2D eigenvalue weighted by Gasteiger charge is 2.15. The van der Waals surface area contributed by atoms with Gasteiger partial charge in [-0.25, -0.2) is 0 Å². The van der Waals surface area contributed by atoms with Crippen molar-refractivity contribution in [1.29, 1.82) is 0 Å². The lowest BCUT2D eigenvalue weighted by molar-refractivity contribution is 1.06. The van der Waals surface area contributed by atoms with Crippen LogP contribution in [0.1, 0.15) is 11.1 Å². The number of fused-ring (bicyclic) bond motifs is 6. The monoisotopic (exact) mass is 542 g/mol. The summed E-state index contributed by atoms with van der Waals surface area (Å²) in [6, 6.07) is 50.1. The van der Waals surface area contributed by atoms with Gasteiger partial charge in [-0.15, -0.1) is 11.3 Å². The van der Waals surface area contributed by atoms with E-state index in [0.717, 1.165) is 11.3 Å². The van der Waals surface area contributed by atoms with Crippen LogP contribution in [0.5, 0.6) is 0 Å². The Morgan fingerprint density at radius 3 is 2.27 bits per heavy atom. The van der Waals surface area contributed by atoms with Crippen LogP contribution in [0.25, 0.3) is 58.8 Å². The molecular formula is C38H26N2S. The summed E-state index contributed by atoms with van der Waals surface area (Å²) >= 11 is 1.88. The third kappa shape index (κ3) is 4.14. The Morgan fingerprint density at radius 1 is 0.585 bits per heavy atom. The van der Waals surface area contributed by atoms with Crippen LogP contribution in [-0.2, 0) is 6.54 Å². The van der Waals surface area contributed by atoms with Crippen molar-refractivity contribution in [3.8, 4) is 16.8 Å². The lowest BCUT2D eigenvalue weighted by Crippen LogP contribution is -1.95. The third-order valence-electron chi connectivity index (χ3n) is 7.87. The fourth-order valence-corrected chi connectivity index (χ4v) is 7.22. The molecule has 2 aromatic heterocycles. The standard InChI is InChI=1S/C38H26N2S/c1-2-10-26(11-3-1)24-39-25-27-12-8-13-29(22-27)40-35-18-6-4-14-31(35)34-23-28(20-21-36(34)40)30-16-9-17-33-32-15-5-7-19-37(32)41-38(30)33/h1-24H,25H2/b39-24+. The van der Waals surface area contributed by atoms with Gasteiger partial charge in [0.15, 0.2) is 0 Å². The number of aromatic nitrogens is 1. The molecule has 194 valence electrons. The van der Waals surface area contributed by atoms with Crippen molar-refractivity contribution in [3.63, 3.8) is 0 Å². The predicted molar refractivity (Wildman–Crippen MR) is 177 cm³/mol. The Balaban J connectivity index is 1.25. The quantitative estimate of drug-likeness (QED) is 0.193. The van der Waals surface area contributed by atoms with Crippen LogP contribution < -0.4 is 0 Å². The van der Waals surface area contributed by atoms with Crippen LogP contribution in [0.15, 0.2) is 145 Å². The molecule has 8 rings (SSSR count). The number of para-hydroxylation sites is 1. The van der Waals surface area contributed by atoms with Crippen LogP contribution in [-0.4, -0.2) is 10.8 Å². The maximum absolute atomic E-state index is 4.71. The fraction of sp³-hybridized carbons (Fsp3) is 0.0263. The molecule has 0 saturated heterocycles. The molecule has 0 radical (unpaired) electrons. The number of rotatable bonds is 5. The third-order valence-corrected chi connectivity index (χ3v) is 9.09. The van der Waals surface area contributed by atoms with Crippen LogP contribution in [0.2, 0.25) is 0 Å². The first-order chi connectivity index (χ1) is 20.3. The molecule has 8 aromatic rings. The minimum Gasteiger partial charge on any atom is -0.309 e. The van der Waals surface area contributed by atoms with Crippen molar-refractivity contribution in [3.05, 3.63) is 151 Å². The molecule has 0 aliphatic carbocycles. The van der Waals surface area contributed by atoms with Gasteiger partial charge in [-0.1, -0.05) is 103 Å². The van der Waals surface area contributed by atoms with Gasteiger partial charge >= 0.3 is 0 Å². The molecule has 2 nitrogen and oxygen atoms in total. The molecule has 0 saturated carbocycles. The highest BCUT2D eigenvalue weighted by atomic mass is 32.1. The number of hydrogen-bond acceptors (Lipinski definition) is 2. The lowest BCUT2D eigenvalue weighted by atomic mass is 10.0. The Morgan fingerprint density at radius 2 is 1.34 bits per heavy atom. The number of benzene rings is 6. The normalized spacial score (nSPS) is 11.9. The summed E-state index contributed by atoms with van der Waals surface area (Å²) in [5.41, 5.74) is 8.43. The van der Waals surface area contributed by atoms with Gasteiger partial charge < -0.3 is 4.57 Å². The summed E-state index contributed by atoms with van der Waals surface area (Å²) in [6.45, 7) is 0.642. The van der Waals surface area contributed by atoms with Gasteiger partial charge in [0.05, 0.1) is 17.6 Å². The van der Waals surface area contributed by atoms with E-state index in [1.165, 1.54) is 58.7 Å². The van der Waals surface area contributed by atoms with E-state index in [-0.39, 0.29) is 0 Å². The Labute approximate surface area is 242 Å². The first-order valence-corrected chi connectivity index (χ1v) is 14.7. The SMILES string of the molecule is C(=N\Cc1cccc(-n2c3ccccc3c3cc(-c4cccc5c4sc4ccccc45)ccc32)c1)/c1ccccc1. The predicted octanol–water partition coefficient (Wildman–Crippen LogP) is 10.4. The van der Waals surface area contributed by atoms with Gasteiger partial charge in [0.25, 0.3) is 0 Å². The molecule has 0 aliphatic rings. The van der Waals surface area contributed by atoms with Crippen molar-refractivity contribution < 1.29 is 0 Å². The zero-order valence-corrected chi connectivity index (χ0v) is 23.2. The van der Waals surface area contributed by atoms with Crippen molar-refractivity contribution in [2.45, 2.75) is 6.54 Å². The van der Waals surface area contributed by atoms with Crippen LogP contribution in [0, 0.1) is 0 Å². The number of hydrogen-bond donors (Lipinski definition) is 0. The Kier molecular flexibility index (Phi) is 5.75. The first kappa shape index (κ1) is 23.9. The van der Waals surface area contributed by atoms with E-state index in [1.54, 1.807) is 0 Å². The number of aliphatic imine (C=N–C) groups is 1. The molecule has 0 spiro atoms. The molecule has 2 heterocycles. The lowest BCUT2D eigenvalue weighted by Gasteiger charge is -2.10. The summed E-state index contributed by atoms with van der Waals surface area (Å²) in [5.74, 6) is 0. The van der Waals surface area contributed by atoms with Crippen molar-refractivity contribution >= 4 is 59.5 Å². The smallest absolute Gasteiger partial charge is 0.0640 e. The van der Waals surface area contributed by atoms with E-state index < -0.39 is 0 Å². The second-order valence-electron chi connectivity index (χ2n) is 10.4. The van der Waals surface area contributed by atoms with Crippen molar-refractivity contribution in [2.24, 2.45) is 4.99 Å². The van der Waals surface area contributed by atoms with Crippen LogP contribution in [0.3, 0.4) is 0 Å². The molecule has 3 heteroatoms. The molecule has 0 amide bonds. The molecule has 0 N–H and O–H groups in total. The van der Waals surface area contributed by atoms with E-state index in [9.17, 15) is 0 Å².